The SMILES string of the molecule is O=S(=O)(NN1CCCCC1)c1ccc(CNC2CC2)cc1. The molecule has 21 heavy (non-hydrogen) atoms. The van der Waals surface area contributed by atoms with Gasteiger partial charge in [0, 0.05) is 25.7 Å². The predicted octanol–water partition coefficient (Wildman–Crippen LogP) is 1.62. The van der Waals surface area contributed by atoms with E-state index in [0.29, 0.717) is 10.9 Å². The first-order valence-electron chi connectivity index (χ1n) is 7.73. The molecule has 0 unspecified atom stereocenters. The van der Waals surface area contributed by atoms with Crippen molar-refractivity contribution in [2.24, 2.45) is 0 Å². The van der Waals surface area contributed by atoms with Gasteiger partial charge < -0.3 is 5.32 Å². The first-order valence-corrected chi connectivity index (χ1v) is 9.21. The number of nitrogens with zero attached hydrogens (tertiary/aromatic N) is 1. The van der Waals surface area contributed by atoms with E-state index in [9.17, 15) is 8.42 Å². The lowest BCUT2D eigenvalue weighted by Gasteiger charge is -2.26. The molecule has 116 valence electrons. The number of hydrogen-bond acceptors (Lipinski definition) is 4. The zero-order chi connectivity index (χ0) is 14.7. The van der Waals surface area contributed by atoms with Crippen LogP contribution in [0, 0.1) is 0 Å². The van der Waals surface area contributed by atoms with E-state index in [1.54, 1.807) is 17.1 Å². The van der Waals surface area contributed by atoms with Gasteiger partial charge in [0.2, 0.25) is 0 Å². The molecule has 0 spiro atoms. The molecular formula is C15H23N3O2S. The van der Waals surface area contributed by atoms with Crippen molar-refractivity contribution in [2.75, 3.05) is 13.1 Å². The van der Waals surface area contributed by atoms with Gasteiger partial charge >= 0.3 is 0 Å². The molecule has 0 amide bonds. The Hall–Kier alpha value is -0.950. The molecule has 1 aromatic rings. The zero-order valence-corrected chi connectivity index (χ0v) is 13.0. The third-order valence-corrected chi connectivity index (χ3v) is 5.40. The molecule has 2 fully saturated rings. The molecule has 1 saturated heterocycles. The molecule has 0 aromatic heterocycles. The zero-order valence-electron chi connectivity index (χ0n) is 12.2. The Morgan fingerprint density at radius 3 is 2.33 bits per heavy atom. The van der Waals surface area contributed by atoms with Gasteiger partial charge in [-0.15, -0.1) is 4.83 Å². The number of benzene rings is 1. The molecule has 0 radical (unpaired) electrons. The monoisotopic (exact) mass is 309 g/mol. The standard InChI is InChI=1S/C15H23N3O2S/c19-21(20,17-18-10-2-1-3-11-18)15-8-4-13(5-9-15)12-16-14-6-7-14/h4-5,8-9,14,16-17H,1-3,6-7,10-12H2. The van der Waals surface area contributed by atoms with Crippen molar-refractivity contribution in [2.45, 2.75) is 49.6 Å². The minimum absolute atomic E-state index is 0.336. The quantitative estimate of drug-likeness (QED) is 0.838. The predicted molar refractivity (Wildman–Crippen MR) is 82.0 cm³/mol. The Kier molecular flexibility index (Phi) is 4.59. The van der Waals surface area contributed by atoms with E-state index < -0.39 is 10.0 Å². The summed E-state index contributed by atoms with van der Waals surface area (Å²) in [5.41, 5.74) is 1.12. The molecule has 2 aliphatic rings. The van der Waals surface area contributed by atoms with Crippen LogP contribution in [0.3, 0.4) is 0 Å². The fraction of sp³-hybridized carbons (Fsp3) is 0.600. The lowest BCUT2D eigenvalue weighted by molar-refractivity contribution is 0.200. The second kappa shape index (κ2) is 6.44. The fourth-order valence-electron chi connectivity index (χ4n) is 2.54. The van der Waals surface area contributed by atoms with Crippen molar-refractivity contribution in [3.05, 3.63) is 29.8 Å². The van der Waals surface area contributed by atoms with Crippen molar-refractivity contribution in [1.82, 2.24) is 15.2 Å². The van der Waals surface area contributed by atoms with Gasteiger partial charge in [0.1, 0.15) is 0 Å². The third-order valence-electron chi connectivity index (χ3n) is 4.01. The van der Waals surface area contributed by atoms with E-state index in [0.717, 1.165) is 38.0 Å². The summed E-state index contributed by atoms with van der Waals surface area (Å²) in [5.74, 6) is 0. The molecular weight excluding hydrogens is 286 g/mol. The smallest absolute Gasteiger partial charge is 0.253 e. The van der Waals surface area contributed by atoms with Crippen LogP contribution < -0.4 is 10.1 Å². The molecule has 1 aliphatic heterocycles. The second-order valence-corrected chi connectivity index (χ2v) is 7.60. The number of hydrogen-bond donors (Lipinski definition) is 2. The molecule has 5 nitrogen and oxygen atoms in total. The summed E-state index contributed by atoms with van der Waals surface area (Å²) in [4.78, 5) is 3.02. The lowest BCUT2D eigenvalue weighted by Crippen LogP contribution is -2.44. The summed E-state index contributed by atoms with van der Waals surface area (Å²) in [6.07, 6.45) is 5.79. The van der Waals surface area contributed by atoms with Crippen LogP contribution in [-0.4, -0.2) is 32.6 Å². The summed E-state index contributed by atoms with van der Waals surface area (Å²) in [7, 11) is -3.44. The molecule has 1 aromatic carbocycles. The van der Waals surface area contributed by atoms with Gasteiger partial charge in [-0.25, -0.2) is 13.4 Å². The van der Waals surface area contributed by atoms with Crippen LogP contribution in [0.15, 0.2) is 29.2 Å². The Labute approximate surface area is 126 Å². The second-order valence-electron chi connectivity index (χ2n) is 5.94. The maximum atomic E-state index is 12.3. The van der Waals surface area contributed by atoms with Gasteiger partial charge in [0.25, 0.3) is 10.0 Å². The summed E-state index contributed by atoms with van der Waals surface area (Å²) >= 11 is 0. The number of piperidine rings is 1. The van der Waals surface area contributed by atoms with Crippen LogP contribution >= 0.6 is 0 Å². The van der Waals surface area contributed by atoms with Crippen molar-refractivity contribution < 1.29 is 8.42 Å². The minimum Gasteiger partial charge on any atom is -0.310 e. The average Bonchev–Trinajstić information content (AvgIpc) is 3.30. The van der Waals surface area contributed by atoms with Crippen LogP contribution in [0.5, 0.6) is 0 Å². The van der Waals surface area contributed by atoms with Crippen LogP contribution in [0.2, 0.25) is 0 Å². The van der Waals surface area contributed by atoms with Gasteiger partial charge in [-0.05, 0) is 43.4 Å². The van der Waals surface area contributed by atoms with Crippen molar-refractivity contribution in [1.29, 1.82) is 0 Å². The summed E-state index contributed by atoms with van der Waals surface area (Å²) in [6, 6.07) is 7.82. The Bertz CT molecular complexity index is 561. The van der Waals surface area contributed by atoms with E-state index in [1.165, 1.54) is 19.3 Å². The molecule has 3 rings (SSSR count). The maximum Gasteiger partial charge on any atom is 0.253 e. The number of nitrogens with one attached hydrogen (secondary N) is 2. The topological polar surface area (TPSA) is 61.4 Å². The van der Waals surface area contributed by atoms with Crippen molar-refractivity contribution >= 4 is 10.0 Å². The highest BCUT2D eigenvalue weighted by Crippen LogP contribution is 2.19. The fourth-order valence-corrected chi connectivity index (χ4v) is 3.67. The van der Waals surface area contributed by atoms with Crippen LogP contribution in [0.25, 0.3) is 0 Å². The van der Waals surface area contributed by atoms with Crippen LogP contribution in [0.4, 0.5) is 0 Å². The average molecular weight is 309 g/mol. The lowest BCUT2D eigenvalue weighted by atomic mass is 10.2. The third kappa shape index (κ3) is 4.26. The summed E-state index contributed by atoms with van der Waals surface area (Å²) < 4.78 is 24.6. The van der Waals surface area contributed by atoms with Gasteiger partial charge in [-0.2, -0.15) is 0 Å². The van der Waals surface area contributed by atoms with Gasteiger partial charge in [-0.3, -0.25) is 0 Å². The molecule has 2 N–H and O–H groups in total. The largest absolute Gasteiger partial charge is 0.310 e. The van der Waals surface area contributed by atoms with E-state index in [-0.39, 0.29) is 0 Å². The van der Waals surface area contributed by atoms with E-state index >= 15 is 0 Å². The maximum absolute atomic E-state index is 12.3. The summed E-state index contributed by atoms with van der Waals surface area (Å²) in [5, 5.41) is 5.23. The van der Waals surface area contributed by atoms with E-state index in [1.807, 2.05) is 12.1 Å². The number of sulfonamides is 1. The van der Waals surface area contributed by atoms with E-state index in [2.05, 4.69) is 10.1 Å². The van der Waals surface area contributed by atoms with Gasteiger partial charge in [0.15, 0.2) is 0 Å². The van der Waals surface area contributed by atoms with Crippen molar-refractivity contribution in [3.8, 4) is 0 Å². The van der Waals surface area contributed by atoms with Crippen LogP contribution in [0.1, 0.15) is 37.7 Å². The van der Waals surface area contributed by atoms with Crippen molar-refractivity contribution in [3.63, 3.8) is 0 Å². The Morgan fingerprint density at radius 1 is 1.05 bits per heavy atom. The number of rotatable bonds is 6. The highest BCUT2D eigenvalue weighted by atomic mass is 32.2. The Balaban J connectivity index is 1.60. The van der Waals surface area contributed by atoms with Gasteiger partial charge in [-0.1, -0.05) is 18.6 Å². The van der Waals surface area contributed by atoms with E-state index in [4.69, 9.17) is 0 Å². The molecule has 0 bridgehead atoms. The first-order chi connectivity index (χ1) is 10.1. The van der Waals surface area contributed by atoms with Gasteiger partial charge in [0.05, 0.1) is 4.90 Å². The summed E-state index contributed by atoms with van der Waals surface area (Å²) in [6.45, 7) is 2.40. The van der Waals surface area contributed by atoms with Crippen LogP contribution in [-0.2, 0) is 16.6 Å². The molecule has 0 atom stereocenters. The Morgan fingerprint density at radius 2 is 1.71 bits per heavy atom. The normalized spacial score (nSPS) is 20.6. The minimum atomic E-state index is -3.44. The molecule has 1 saturated carbocycles. The molecule has 1 aliphatic carbocycles. The highest BCUT2D eigenvalue weighted by molar-refractivity contribution is 7.89. The molecule has 6 heteroatoms. The number of hydrazine groups is 1. The highest BCUT2D eigenvalue weighted by Gasteiger charge is 2.21. The first kappa shape index (κ1) is 15.0. The molecule has 1 heterocycles.